The molecule has 2 N–H and O–H groups in total. The summed E-state index contributed by atoms with van der Waals surface area (Å²) in [4.78, 5) is 32.6. The Bertz CT molecular complexity index is 1220. The van der Waals surface area contributed by atoms with Gasteiger partial charge in [0.25, 0.3) is 5.91 Å². The molecule has 2 amide bonds. The van der Waals surface area contributed by atoms with Crippen LogP contribution in [0.25, 0.3) is 5.57 Å². The van der Waals surface area contributed by atoms with E-state index < -0.39 is 0 Å². The lowest BCUT2D eigenvalue weighted by atomic mass is 9.85. The molecule has 1 fully saturated rings. The minimum Gasteiger partial charge on any atom is -0.379 e. The Kier molecular flexibility index (Phi) is 9.72. The van der Waals surface area contributed by atoms with Crippen molar-refractivity contribution >= 4 is 28.8 Å². The molecule has 3 rings (SSSR count). The van der Waals surface area contributed by atoms with Gasteiger partial charge in [-0.15, -0.1) is 0 Å². The first-order chi connectivity index (χ1) is 18.0. The van der Waals surface area contributed by atoms with E-state index in [4.69, 9.17) is 4.74 Å². The molecule has 8 heteroatoms. The van der Waals surface area contributed by atoms with E-state index in [1.807, 2.05) is 13.0 Å². The number of pyridine rings is 1. The van der Waals surface area contributed by atoms with Crippen molar-refractivity contribution in [3.05, 3.63) is 84.0 Å². The molecule has 2 aromatic rings. The molecule has 0 saturated carbocycles. The van der Waals surface area contributed by atoms with Gasteiger partial charge in [-0.3, -0.25) is 19.5 Å². The van der Waals surface area contributed by atoms with Crippen LogP contribution in [-0.4, -0.2) is 54.0 Å². The number of nitrogens with one attached hydrogen (secondary N) is 2. The number of nitrogens with zero attached hydrogens (tertiary/aromatic N) is 2. The van der Waals surface area contributed by atoms with E-state index in [-0.39, 0.29) is 29.1 Å². The smallest absolute Gasteiger partial charge is 0.255 e. The molecule has 0 radical (unpaired) electrons. The van der Waals surface area contributed by atoms with Crippen molar-refractivity contribution in [1.82, 2.24) is 9.88 Å². The number of anilines is 2. The molecule has 1 aliphatic heterocycles. The van der Waals surface area contributed by atoms with E-state index in [1.165, 1.54) is 13.1 Å². The number of rotatable bonds is 8. The number of hydrogen-bond acceptors (Lipinski definition) is 5. The largest absolute Gasteiger partial charge is 0.379 e. The second kappa shape index (κ2) is 12.8. The van der Waals surface area contributed by atoms with Gasteiger partial charge in [-0.2, -0.15) is 0 Å². The van der Waals surface area contributed by atoms with Crippen molar-refractivity contribution in [2.45, 2.75) is 46.1 Å². The zero-order valence-electron chi connectivity index (χ0n) is 22.8. The number of amides is 2. The van der Waals surface area contributed by atoms with Crippen molar-refractivity contribution < 1.29 is 18.7 Å². The normalized spacial score (nSPS) is 16.1. The second-order valence-electron chi connectivity index (χ2n) is 10.3. The fourth-order valence-corrected chi connectivity index (χ4v) is 4.18. The van der Waals surface area contributed by atoms with E-state index in [0.717, 1.165) is 5.56 Å². The van der Waals surface area contributed by atoms with Gasteiger partial charge in [0.1, 0.15) is 5.83 Å². The number of carbonyl (C=O) groups excluding carboxylic acids is 2. The highest BCUT2D eigenvalue weighted by atomic mass is 19.1. The zero-order valence-corrected chi connectivity index (χ0v) is 22.8. The number of ether oxygens (including phenoxy) is 1. The van der Waals surface area contributed by atoms with Crippen molar-refractivity contribution in [3.63, 3.8) is 0 Å². The summed E-state index contributed by atoms with van der Waals surface area (Å²) in [6, 6.07) is 8.30. The van der Waals surface area contributed by atoms with Crippen LogP contribution in [0.4, 0.5) is 15.8 Å². The first kappa shape index (κ1) is 28.9. The summed E-state index contributed by atoms with van der Waals surface area (Å²) in [7, 11) is 0. The van der Waals surface area contributed by atoms with Gasteiger partial charge in [-0.1, -0.05) is 51.6 Å². The van der Waals surface area contributed by atoms with Crippen LogP contribution in [0.1, 0.15) is 56.2 Å². The van der Waals surface area contributed by atoms with Gasteiger partial charge < -0.3 is 15.4 Å². The number of aromatic nitrogens is 1. The van der Waals surface area contributed by atoms with Crippen LogP contribution in [0.2, 0.25) is 0 Å². The highest BCUT2D eigenvalue weighted by molar-refractivity contribution is 6.06. The maximum Gasteiger partial charge on any atom is 0.255 e. The van der Waals surface area contributed by atoms with Crippen LogP contribution in [0.15, 0.2) is 67.2 Å². The van der Waals surface area contributed by atoms with E-state index in [9.17, 15) is 14.0 Å². The molecule has 202 valence electrons. The molecule has 0 aliphatic carbocycles. The van der Waals surface area contributed by atoms with Gasteiger partial charge in [-0.25, -0.2) is 4.39 Å². The van der Waals surface area contributed by atoms with Crippen LogP contribution in [0.3, 0.4) is 0 Å². The Morgan fingerprint density at radius 3 is 2.45 bits per heavy atom. The summed E-state index contributed by atoms with van der Waals surface area (Å²) < 4.78 is 19.4. The van der Waals surface area contributed by atoms with E-state index in [2.05, 4.69) is 47.9 Å². The molecule has 2 heterocycles. The third-order valence-electron chi connectivity index (χ3n) is 6.39. The van der Waals surface area contributed by atoms with Gasteiger partial charge in [-0.05, 0) is 49.1 Å². The Morgan fingerprint density at radius 2 is 1.87 bits per heavy atom. The predicted octanol–water partition coefficient (Wildman–Crippen LogP) is 5.73. The Balaban J connectivity index is 1.80. The second-order valence-corrected chi connectivity index (χ2v) is 10.3. The zero-order chi connectivity index (χ0) is 27.9. The van der Waals surface area contributed by atoms with E-state index >= 15 is 0 Å². The van der Waals surface area contributed by atoms with Crippen LogP contribution in [0.5, 0.6) is 0 Å². The number of carbonyl (C=O) groups is 2. The molecule has 0 bridgehead atoms. The number of halogens is 1. The lowest BCUT2D eigenvalue weighted by molar-refractivity contribution is -0.122. The maximum absolute atomic E-state index is 14.0. The Labute approximate surface area is 224 Å². The molecule has 1 aromatic heterocycles. The maximum atomic E-state index is 14.0. The minimum absolute atomic E-state index is 0.132. The van der Waals surface area contributed by atoms with Crippen LogP contribution >= 0.6 is 0 Å². The average Bonchev–Trinajstić information content (AvgIpc) is 2.89. The van der Waals surface area contributed by atoms with Crippen LogP contribution < -0.4 is 10.6 Å². The van der Waals surface area contributed by atoms with Gasteiger partial charge in [0.2, 0.25) is 5.91 Å². The third kappa shape index (κ3) is 7.46. The monoisotopic (exact) mass is 520 g/mol. The first-order valence-electron chi connectivity index (χ1n) is 12.7. The van der Waals surface area contributed by atoms with E-state index in [0.29, 0.717) is 54.5 Å². The summed E-state index contributed by atoms with van der Waals surface area (Å²) in [6.45, 7) is 15.6. The SMILES string of the molecule is C=C/C=C\C(=C(/C)F)c1ccc(NC(=O)c2ccc(C(C)(C)C)c(NC(=O)C(C)N3CCOCC3)c2)cn1. The van der Waals surface area contributed by atoms with Crippen molar-refractivity contribution in [2.24, 2.45) is 0 Å². The van der Waals surface area contributed by atoms with Gasteiger partial charge in [0, 0.05) is 29.9 Å². The molecule has 38 heavy (non-hydrogen) atoms. The fourth-order valence-electron chi connectivity index (χ4n) is 4.18. The minimum atomic E-state index is -0.371. The Hall–Kier alpha value is -3.62. The fraction of sp³-hybridized carbons (Fsp3) is 0.367. The van der Waals surface area contributed by atoms with Crippen molar-refractivity contribution in [1.29, 1.82) is 0 Å². The van der Waals surface area contributed by atoms with Gasteiger partial charge in [0.05, 0.1) is 36.8 Å². The Morgan fingerprint density at radius 1 is 1.16 bits per heavy atom. The topological polar surface area (TPSA) is 83.6 Å². The van der Waals surface area contributed by atoms with Crippen molar-refractivity contribution in [2.75, 3.05) is 36.9 Å². The number of benzene rings is 1. The summed E-state index contributed by atoms with van der Waals surface area (Å²) in [5.41, 5.74) is 2.92. The molecule has 1 aliphatic rings. The molecule has 1 aromatic carbocycles. The highest BCUT2D eigenvalue weighted by Crippen LogP contribution is 2.31. The predicted molar refractivity (Wildman–Crippen MR) is 151 cm³/mol. The van der Waals surface area contributed by atoms with Gasteiger partial charge >= 0.3 is 0 Å². The molecular weight excluding hydrogens is 483 g/mol. The standard InChI is InChI=1S/C30H37FN4O3/c1-7-8-9-24(20(2)31)26-13-11-23(19-32-26)33-29(37)22-10-12-25(30(4,5)6)27(18-22)34-28(36)21(3)35-14-16-38-17-15-35/h7-13,18-19,21H,1,14-17H2,2-6H3,(H,33,37)(H,34,36)/b9-8-,24-20-. The summed E-state index contributed by atoms with van der Waals surface area (Å²) >= 11 is 0. The average molecular weight is 521 g/mol. The van der Waals surface area contributed by atoms with Gasteiger partial charge in [0.15, 0.2) is 0 Å². The molecule has 7 nitrogen and oxygen atoms in total. The van der Waals surface area contributed by atoms with Crippen molar-refractivity contribution in [3.8, 4) is 0 Å². The quantitative estimate of drug-likeness (QED) is 0.434. The van der Waals surface area contributed by atoms with E-state index in [1.54, 1.807) is 42.5 Å². The number of morpholine rings is 1. The molecule has 0 spiro atoms. The highest BCUT2D eigenvalue weighted by Gasteiger charge is 2.26. The van der Waals surface area contributed by atoms with Crippen LogP contribution in [0, 0.1) is 0 Å². The summed E-state index contributed by atoms with van der Waals surface area (Å²) in [5, 5.41) is 5.88. The molecule has 1 unspecified atom stereocenters. The summed E-state index contributed by atoms with van der Waals surface area (Å²) in [5.74, 6) is -0.850. The first-order valence-corrected chi connectivity index (χ1v) is 12.7. The molecular formula is C30H37FN4O3. The molecule has 1 atom stereocenters. The number of allylic oxidation sites excluding steroid dienone is 5. The lowest BCUT2D eigenvalue weighted by Crippen LogP contribution is -2.47. The van der Waals surface area contributed by atoms with Crippen LogP contribution in [-0.2, 0) is 14.9 Å². The number of hydrogen-bond donors (Lipinski definition) is 2. The third-order valence-corrected chi connectivity index (χ3v) is 6.39. The summed E-state index contributed by atoms with van der Waals surface area (Å²) in [6.07, 6.45) is 6.26. The molecule has 1 saturated heterocycles. The lowest BCUT2D eigenvalue weighted by Gasteiger charge is -2.32.